The standard InChI is InChI=1S/C11H14N2/c1-2-8-4-5-9-6-12-7-13-11(9)10(8)3-1/h1-3,9,12-13H,4-7H2. The first kappa shape index (κ1) is 7.39. The lowest BCUT2D eigenvalue weighted by molar-refractivity contribution is 0.402. The Morgan fingerprint density at radius 1 is 1.38 bits per heavy atom. The van der Waals surface area contributed by atoms with E-state index in [-0.39, 0.29) is 0 Å². The van der Waals surface area contributed by atoms with Gasteiger partial charge in [0, 0.05) is 18.2 Å². The first-order valence-corrected chi connectivity index (χ1v) is 5.01. The predicted octanol–water partition coefficient (Wildman–Crippen LogP) is 1.30. The molecule has 2 heteroatoms. The van der Waals surface area contributed by atoms with Crippen molar-refractivity contribution in [3.05, 3.63) is 35.1 Å². The van der Waals surface area contributed by atoms with E-state index >= 15 is 0 Å². The smallest absolute Gasteiger partial charge is 0.0650 e. The second-order valence-corrected chi connectivity index (χ2v) is 3.92. The number of hydrogen-bond acceptors (Lipinski definition) is 2. The second-order valence-electron chi connectivity index (χ2n) is 3.92. The Hall–Kier alpha value is -1.02. The maximum absolute atomic E-state index is 3.47. The Morgan fingerprint density at radius 3 is 3.38 bits per heavy atom. The van der Waals surface area contributed by atoms with Gasteiger partial charge < -0.3 is 5.32 Å². The zero-order valence-electron chi connectivity index (χ0n) is 7.64. The van der Waals surface area contributed by atoms with Crippen molar-refractivity contribution < 1.29 is 0 Å². The fourth-order valence-electron chi connectivity index (χ4n) is 2.48. The van der Waals surface area contributed by atoms with Crippen LogP contribution in [0.5, 0.6) is 0 Å². The summed E-state index contributed by atoms with van der Waals surface area (Å²) in [7, 11) is 0. The van der Waals surface area contributed by atoms with Crippen LogP contribution in [0.2, 0.25) is 0 Å². The highest BCUT2D eigenvalue weighted by Gasteiger charge is 2.27. The molecule has 1 aliphatic heterocycles. The molecule has 0 bridgehead atoms. The number of nitrogens with one attached hydrogen (secondary N) is 2. The van der Waals surface area contributed by atoms with Crippen LogP contribution in [-0.2, 0) is 0 Å². The highest BCUT2D eigenvalue weighted by atomic mass is 15.1. The second kappa shape index (κ2) is 2.74. The molecule has 0 aromatic carbocycles. The lowest BCUT2D eigenvalue weighted by atomic mass is 9.84. The van der Waals surface area contributed by atoms with E-state index in [0.29, 0.717) is 0 Å². The maximum Gasteiger partial charge on any atom is 0.0650 e. The third-order valence-electron chi connectivity index (χ3n) is 3.16. The highest BCUT2D eigenvalue weighted by Crippen LogP contribution is 2.36. The highest BCUT2D eigenvalue weighted by molar-refractivity contribution is 5.53. The lowest BCUT2D eigenvalue weighted by Crippen LogP contribution is -2.44. The number of hydrogen-bond donors (Lipinski definition) is 2. The first-order chi connectivity index (χ1) is 6.45. The van der Waals surface area contributed by atoms with Crippen molar-refractivity contribution in [1.29, 1.82) is 0 Å². The molecule has 0 aromatic rings. The monoisotopic (exact) mass is 174 g/mol. The van der Waals surface area contributed by atoms with Crippen molar-refractivity contribution >= 4 is 0 Å². The van der Waals surface area contributed by atoms with E-state index in [2.05, 4.69) is 28.9 Å². The van der Waals surface area contributed by atoms with Crippen LogP contribution in [0.4, 0.5) is 0 Å². The largest absolute Gasteiger partial charge is 0.375 e. The summed E-state index contributed by atoms with van der Waals surface area (Å²) in [6.07, 6.45) is 9.22. The Morgan fingerprint density at radius 2 is 2.38 bits per heavy atom. The van der Waals surface area contributed by atoms with Gasteiger partial charge in [0.1, 0.15) is 0 Å². The topological polar surface area (TPSA) is 24.1 Å². The van der Waals surface area contributed by atoms with Crippen LogP contribution in [0.1, 0.15) is 12.8 Å². The molecular weight excluding hydrogens is 160 g/mol. The Balaban J connectivity index is 2.05. The molecule has 1 unspecified atom stereocenters. The zero-order chi connectivity index (χ0) is 8.67. The normalized spacial score (nSPS) is 30.8. The molecule has 0 aromatic heterocycles. The van der Waals surface area contributed by atoms with Gasteiger partial charge in [0.2, 0.25) is 0 Å². The van der Waals surface area contributed by atoms with Gasteiger partial charge >= 0.3 is 0 Å². The summed E-state index contributed by atoms with van der Waals surface area (Å²) in [6, 6.07) is 0. The van der Waals surface area contributed by atoms with E-state index in [9.17, 15) is 0 Å². The van der Waals surface area contributed by atoms with E-state index in [1.54, 1.807) is 0 Å². The quantitative estimate of drug-likeness (QED) is 0.578. The van der Waals surface area contributed by atoms with Crippen LogP contribution in [-0.4, -0.2) is 13.2 Å². The van der Waals surface area contributed by atoms with Gasteiger partial charge in [0.15, 0.2) is 0 Å². The van der Waals surface area contributed by atoms with Crippen molar-refractivity contribution in [1.82, 2.24) is 10.6 Å². The van der Waals surface area contributed by atoms with Gasteiger partial charge in [-0.05, 0) is 24.0 Å². The Labute approximate surface area is 78.4 Å². The molecule has 0 radical (unpaired) electrons. The van der Waals surface area contributed by atoms with E-state index in [1.165, 1.54) is 29.7 Å². The van der Waals surface area contributed by atoms with Gasteiger partial charge in [0.05, 0.1) is 6.67 Å². The van der Waals surface area contributed by atoms with Gasteiger partial charge in [-0.2, -0.15) is 0 Å². The minimum atomic E-state index is 0.726. The molecule has 13 heavy (non-hydrogen) atoms. The van der Waals surface area contributed by atoms with E-state index < -0.39 is 0 Å². The van der Waals surface area contributed by atoms with Crippen LogP contribution in [0, 0.1) is 5.92 Å². The van der Waals surface area contributed by atoms with Gasteiger partial charge in [-0.15, -0.1) is 0 Å². The predicted molar refractivity (Wildman–Crippen MR) is 53.0 cm³/mol. The third-order valence-corrected chi connectivity index (χ3v) is 3.16. The van der Waals surface area contributed by atoms with Gasteiger partial charge in [-0.1, -0.05) is 18.2 Å². The van der Waals surface area contributed by atoms with Crippen molar-refractivity contribution in [3.63, 3.8) is 0 Å². The molecule has 3 aliphatic rings. The van der Waals surface area contributed by atoms with Gasteiger partial charge in [0.25, 0.3) is 0 Å². The van der Waals surface area contributed by atoms with Crippen molar-refractivity contribution in [2.24, 2.45) is 5.92 Å². The van der Waals surface area contributed by atoms with Gasteiger partial charge in [-0.25, -0.2) is 0 Å². The van der Waals surface area contributed by atoms with Crippen LogP contribution in [0.3, 0.4) is 0 Å². The number of fused-ring (bicyclic) bond motifs is 2. The molecule has 0 saturated carbocycles. The summed E-state index contributed by atoms with van der Waals surface area (Å²) in [5.41, 5.74) is 4.48. The molecule has 1 saturated heterocycles. The zero-order valence-corrected chi connectivity index (χ0v) is 7.64. The molecule has 2 nitrogen and oxygen atoms in total. The van der Waals surface area contributed by atoms with E-state index in [4.69, 9.17) is 0 Å². The summed E-state index contributed by atoms with van der Waals surface area (Å²) in [5.74, 6) is 0.726. The molecule has 2 N–H and O–H groups in total. The summed E-state index contributed by atoms with van der Waals surface area (Å²) >= 11 is 0. The van der Waals surface area contributed by atoms with Crippen LogP contribution in [0.25, 0.3) is 0 Å². The fraction of sp³-hybridized carbons (Fsp3) is 0.455. The van der Waals surface area contributed by atoms with Crippen molar-refractivity contribution in [2.45, 2.75) is 12.8 Å². The molecule has 1 fully saturated rings. The van der Waals surface area contributed by atoms with Crippen LogP contribution < -0.4 is 10.6 Å². The molecule has 0 spiro atoms. The summed E-state index contributed by atoms with van der Waals surface area (Å²) in [4.78, 5) is 0. The van der Waals surface area contributed by atoms with Crippen molar-refractivity contribution in [3.8, 4) is 0 Å². The lowest BCUT2D eigenvalue weighted by Gasteiger charge is -2.33. The maximum atomic E-state index is 3.47. The minimum absolute atomic E-state index is 0.726. The molecule has 3 rings (SSSR count). The Bertz CT molecular complexity index is 323. The average molecular weight is 174 g/mol. The summed E-state index contributed by atoms with van der Waals surface area (Å²) in [5, 5.41) is 6.84. The molecule has 0 amide bonds. The van der Waals surface area contributed by atoms with Gasteiger partial charge in [-0.3, -0.25) is 5.32 Å². The SMILES string of the molecule is C1=CC2=C3NCNCC3CCC2=C1. The molecule has 2 aliphatic carbocycles. The Kier molecular flexibility index (Phi) is 1.56. The molecule has 68 valence electrons. The number of allylic oxidation sites excluding steroid dienone is 5. The minimum Gasteiger partial charge on any atom is -0.375 e. The summed E-state index contributed by atoms with van der Waals surface area (Å²) < 4.78 is 0. The molecule has 1 heterocycles. The van der Waals surface area contributed by atoms with Crippen LogP contribution >= 0.6 is 0 Å². The number of rotatable bonds is 0. The average Bonchev–Trinajstić information content (AvgIpc) is 2.65. The summed E-state index contributed by atoms with van der Waals surface area (Å²) in [6.45, 7) is 2.07. The first-order valence-electron chi connectivity index (χ1n) is 5.01. The van der Waals surface area contributed by atoms with Crippen LogP contribution in [0.15, 0.2) is 35.1 Å². The van der Waals surface area contributed by atoms with E-state index in [0.717, 1.165) is 19.1 Å². The van der Waals surface area contributed by atoms with E-state index in [1.807, 2.05) is 0 Å². The third kappa shape index (κ3) is 1.05. The molecule has 1 atom stereocenters. The molecular formula is C11H14N2. The fourth-order valence-corrected chi connectivity index (χ4v) is 2.48. The van der Waals surface area contributed by atoms with Crippen molar-refractivity contribution in [2.75, 3.05) is 13.2 Å².